The number of carbonyl (C=O) groups excluding carboxylic acids is 2. The monoisotopic (exact) mass is 256 g/mol. The fourth-order valence-corrected chi connectivity index (χ4v) is 2.26. The van der Waals surface area contributed by atoms with Gasteiger partial charge < -0.3 is 15.0 Å². The molecule has 1 amide bonds. The van der Waals surface area contributed by atoms with Crippen molar-refractivity contribution >= 4 is 11.9 Å². The van der Waals surface area contributed by atoms with E-state index in [2.05, 4.69) is 12.2 Å². The highest BCUT2D eigenvalue weighted by atomic mass is 16.5. The van der Waals surface area contributed by atoms with E-state index in [1.165, 1.54) is 0 Å². The molecule has 1 saturated heterocycles. The lowest BCUT2D eigenvalue weighted by Crippen LogP contribution is -2.58. The van der Waals surface area contributed by atoms with E-state index in [9.17, 15) is 9.59 Å². The minimum atomic E-state index is -0.467. The van der Waals surface area contributed by atoms with Crippen molar-refractivity contribution in [1.29, 1.82) is 0 Å². The molecule has 0 aromatic carbocycles. The molecule has 5 heteroatoms. The molecule has 5 nitrogen and oxygen atoms in total. The Morgan fingerprint density at radius 2 is 2.17 bits per heavy atom. The number of piperazine rings is 1. The number of ether oxygens (including phenoxy) is 1. The first-order chi connectivity index (χ1) is 8.61. The molecule has 0 radical (unpaired) electrons. The molecule has 0 saturated carbocycles. The minimum absolute atomic E-state index is 0.0231. The predicted octanol–water partition coefficient (Wildman–Crippen LogP) is 0.786. The van der Waals surface area contributed by atoms with Gasteiger partial charge in [-0.1, -0.05) is 20.3 Å². The largest absolute Gasteiger partial charge is 0.464 e. The predicted molar refractivity (Wildman–Crippen MR) is 69.1 cm³/mol. The molecule has 1 N–H and O–H groups in total. The molecule has 0 aliphatic carbocycles. The Morgan fingerprint density at radius 1 is 1.44 bits per heavy atom. The fourth-order valence-electron chi connectivity index (χ4n) is 2.26. The van der Waals surface area contributed by atoms with Crippen molar-refractivity contribution in [2.45, 2.75) is 39.7 Å². The van der Waals surface area contributed by atoms with Crippen LogP contribution in [0, 0.1) is 5.92 Å². The fraction of sp³-hybridized carbons (Fsp3) is 0.846. The van der Waals surface area contributed by atoms with Crippen molar-refractivity contribution in [3.8, 4) is 0 Å². The van der Waals surface area contributed by atoms with E-state index < -0.39 is 6.04 Å². The van der Waals surface area contributed by atoms with Crippen LogP contribution in [0.25, 0.3) is 0 Å². The molecule has 2 atom stereocenters. The minimum Gasteiger partial charge on any atom is -0.464 e. The van der Waals surface area contributed by atoms with Crippen molar-refractivity contribution in [1.82, 2.24) is 10.2 Å². The molecule has 2 unspecified atom stereocenters. The summed E-state index contributed by atoms with van der Waals surface area (Å²) in [6.07, 6.45) is 1.83. The molecule has 1 aliphatic rings. The number of nitrogens with one attached hydrogen (secondary N) is 1. The van der Waals surface area contributed by atoms with Crippen LogP contribution in [0.4, 0.5) is 0 Å². The standard InChI is InChI=1S/C13H24N2O3/c1-4-6-10(3)12(16)15-8-7-14-9-11(15)13(17)18-5-2/h10-11,14H,4-9H2,1-3H3. The topological polar surface area (TPSA) is 58.6 Å². The number of hydrogen-bond donors (Lipinski definition) is 1. The van der Waals surface area contributed by atoms with Crippen LogP contribution in [0.2, 0.25) is 0 Å². The van der Waals surface area contributed by atoms with Gasteiger partial charge in [-0.3, -0.25) is 4.79 Å². The van der Waals surface area contributed by atoms with Gasteiger partial charge in [0.15, 0.2) is 0 Å². The van der Waals surface area contributed by atoms with Crippen molar-refractivity contribution in [3.05, 3.63) is 0 Å². The smallest absolute Gasteiger partial charge is 0.330 e. The zero-order chi connectivity index (χ0) is 13.5. The molecule has 1 aliphatic heterocycles. The highest BCUT2D eigenvalue weighted by molar-refractivity contribution is 5.86. The molecular weight excluding hydrogens is 232 g/mol. The van der Waals surface area contributed by atoms with Crippen molar-refractivity contribution in [2.24, 2.45) is 5.92 Å². The molecule has 1 fully saturated rings. The van der Waals surface area contributed by atoms with Gasteiger partial charge in [-0.05, 0) is 13.3 Å². The van der Waals surface area contributed by atoms with Crippen LogP contribution in [0.5, 0.6) is 0 Å². The molecule has 1 rings (SSSR count). The number of rotatable bonds is 5. The van der Waals surface area contributed by atoms with Gasteiger partial charge in [0.2, 0.25) is 5.91 Å². The van der Waals surface area contributed by atoms with Gasteiger partial charge in [0.1, 0.15) is 6.04 Å². The van der Waals surface area contributed by atoms with Gasteiger partial charge in [0, 0.05) is 25.6 Å². The highest BCUT2D eigenvalue weighted by Crippen LogP contribution is 2.14. The first kappa shape index (κ1) is 15.0. The molecule has 0 spiro atoms. The van der Waals surface area contributed by atoms with Gasteiger partial charge in [-0.15, -0.1) is 0 Å². The van der Waals surface area contributed by atoms with Crippen LogP contribution in [0.15, 0.2) is 0 Å². The van der Waals surface area contributed by atoms with E-state index in [4.69, 9.17) is 4.74 Å². The highest BCUT2D eigenvalue weighted by Gasteiger charge is 2.34. The molecule has 0 aromatic rings. The summed E-state index contributed by atoms with van der Waals surface area (Å²) in [6.45, 7) is 7.92. The molecule has 1 heterocycles. The molecule has 104 valence electrons. The van der Waals surface area contributed by atoms with Crippen molar-refractivity contribution in [2.75, 3.05) is 26.2 Å². The third-order valence-electron chi connectivity index (χ3n) is 3.23. The Bertz CT molecular complexity index is 294. The van der Waals surface area contributed by atoms with Crippen molar-refractivity contribution < 1.29 is 14.3 Å². The quantitative estimate of drug-likeness (QED) is 0.739. The molecule has 18 heavy (non-hydrogen) atoms. The summed E-state index contributed by atoms with van der Waals surface area (Å²) in [7, 11) is 0. The molecule has 0 aromatic heterocycles. The van der Waals surface area contributed by atoms with Gasteiger partial charge in [0.25, 0.3) is 0 Å². The molecular formula is C13H24N2O3. The van der Waals surface area contributed by atoms with E-state index in [0.717, 1.165) is 19.4 Å². The number of nitrogens with zero attached hydrogens (tertiary/aromatic N) is 1. The SMILES string of the molecule is CCCC(C)C(=O)N1CCNCC1C(=O)OCC. The van der Waals surface area contributed by atoms with E-state index >= 15 is 0 Å². The second-order valence-electron chi connectivity index (χ2n) is 4.69. The van der Waals surface area contributed by atoms with Gasteiger partial charge in [-0.2, -0.15) is 0 Å². The lowest BCUT2D eigenvalue weighted by Gasteiger charge is -2.36. The number of esters is 1. The van der Waals surface area contributed by atoms with Crippen molar-refractivity contribution in [3.63, 3.8) is 0 Å². The lowest BCUT2D eigenvalue weighted by atomic mass is 10.0. The summed E-state index contributed by atoms with van der Waals surface area (Å²) >= 11 is 0. The summed E-state index contributed by atoms with van der Waals surface area (Å²) in [4.78, 5) is 25.8. The van der Waals surface area contributed by atoms with Crippen LogP contribution in [0.3, 0.4) is 0 Å². The third kappa shape index (κ3) is 3.70. The Morgan fingerprint density at radius 3 is 2.78 bits per heavy atom. The zero-order valence-corrected chi connectivity index (χ0v) is 11.6. The third-order valence-corrected chi connectivity index (χ3v) is 3.23. The lowest BCUT2D eigenvalue weighted by molar-refractivity contribution is -0.157. The van der Waals surface area contributed by atoms with Gasteiger partial charge in [-0.25, -0.2) is 4.79 Å². The Labute approximate surface area is 109 Å². The second kappa shape index (κ2) is 7.36. The summed E-state index contributed by atoms with van der Waals surface area (Å²) in [6, 6.07) is -0.467. The maximum Gasteiger partial charge on any atom is 0.330 e. The van der Waals surface area contributed by atoms with Crippen LogP contribution in [0.1, 0.15) is 33.6 Å². The maximum atomic E-state index is 12.3. The summed E-state index contributed by atoms with van der Waals surface area (Å²) < 4.78 is 5.03. The van der Waals surface area contributed by atoms with Gasteiger partial charge in [0.05, 0.1) is 6.61 Å². The Balaban J connectivity index is 2.69. The summed E-state index contributed by atoms with van der Waals surface area (Å²) in [5.41, 5.74) is 0. The van der Waals surface area contributed by atoms with Crippen LogP contribution in [-0.4, -0.2) is 49.1 Å². The zero-order valence-electron chi connectivity index (χ0n) is 11.6. The van der Waals surface area contributed by atoms with Crippen LogP contribution in [-0.2, 0) is 14.3 Å². The number of amides is 1. The van der Waals surface area contributed by atoms with E-state index in [1.54, 1.807) is 11.8 Å². The number of hydrogen-bond acceptors (Lipinski definition) is 4. The van der Waals surface area contributed by atoms with Crippen LogP contribution < -0.4 is 5.32 Å². The maximum absolute atomic E-state index is 12.3. The summed E-state index contributed by atoms with van der Waals surface area (Å²) in [5, 5.41) is 3.14. The molecule has 0 bridgehead atoms. The average molecular weight is 256 g/mol. The number of carbonyl (C=O) groups is 2. The second-order valence-corrected chi connectivity index (χ2v) is 4.69. The Kier molecular flexibility index (Phi) is 6.12. The van der Waals surface area contributed by atoms with E-state index in [-0.39, 0.29) is 17.8 Å². The Hall–Kier alpha value is -1.10. The van der Waals surface area contributed by atoms with E-state index in [0.29, 0.717) is 19.7 Å². The van der Waals surface area contributed by atoms with Gasteiger partial charge >= 0.3 is 5.97 Å². The average Bonchev–Trinajstić information content (AvgIpc) is 2.38. The normalized spacial score (nSPS) is 21.5. The first-order valence-electron chi connectivity index (χ1n) is 6.79. The van der Waals surface area contributed by atoms with Crippen LogP contribution >= 0.6 is 0 Å². The summed E-state index contributed by atoms with van der Waals surface area (Å²) in [5.74, 6) is -0.261. The first-order valence-corrected chi connectivity index (χ1v) is 6.79. The van der Waals surface area contributed by atoms with E-state index in [1.807, 2.05) is 6.92 Å².